The molecule has 1 aromatic rings. The van der Waals surface area contributed by atoms with Gasteiger partial charge in [-0.3, -0.25) is 0 Å². The van der Waals surface area contributed by atoms with E-state index >= 15 is 0 Å². The average Bonchev–Trinajstić information content (AvgIpc) is 2.83. The summed E-state index contributed by atoms with van der Waals surface area (Å²) in [5, 5.41) is 12.7. The summed E-state index contributed by atoms with van der Waals surface area (Å²) in [6.45, 7) is 2.48. The van der Waals surface area contributed by atoms with Crippen LogP contribution in [0, 0.1) is 5.92 Å². The molecule has 0 aliphatic heterocycles. The third kappa shape index (κ3) is 2.86. The first-order valence-corrected chi connectivity index (χ1v) is 6.20. The molecule has 1 aliphatic rings. The van der Waals surface area contributed by atoms with Gasteiger partial charge in [0.2, 0.25) is 0 Å². The van der Waals surface area contributed by atoms with E-state index in [0.29, 0.717) is 18.6 Å². The second-order valence-electron chi connectivity index (χ2n) is 4.80. The van der Waals surface area contributed by atoms with Crippen LogP contribution in [0.4, 0.5) is 0 Å². The molecule has 2 rings (SSSR count). The van der Waals surface area contributed by atoms with Gasteiger partial charge < -0.3 is 14.8 Å². The molecule has 1 aliphatic carbocycles. The van der Waals surface area contributed by atoms with Crippen LogP contribution in [-0.2, 0) is 0 Å². The largest absolute Gasteiger partial charge is 0.468 e. The molecular weight excluding hydrogens is 202 g/mol. The highest BCUT2D eigenvalue weighted by molar-refractivity contribution is 5.03. The average molecular weight is 223 g/mol. The van der Waals surface area contributed by atoms with E-state index in [-0.39, 0.29) is 6.04 Å². The van der Waals surface area contributed by atoms with Crippen LogP contribution in [0.5, 0.6) is 0 Å². The summed E-state index contributed by atoms with van der Waals surface area (Å²) in [5.74, 6) is 1.53. The molecule has 1 saturated carbocycles. The number of furan rings is 1. The van der Waals surface area contributed by atoms with E-state index in [9.17, 15) is 0 Å². The van der Waals surface area contributed by atoms with E-state index < -0.39 is 0 Å². The van der Waals surface area contributed by atoms with Crippen molar-refractivity contribution in [3.8, 4) is 0 Å². The zero-order valence-corrected chi connectivity index (χ0v) is 9.86. The molecule has 1 heterocycles. The van der Waals surface area contributed by atoms with Gasteiger partial charge in [-0.25, -0.2) is 0 Å². The standard InChI is InChI=1S/C13H21NO2/c1-10(13-3-2-8-16-13)14-12-6-4-11(9-15)5-7-12/h2-3,8,10-12,14-15H,4-7,9H2,1H3. The molecule has 1 unspecified atom stereocenters. The third-order valence-electron chi connectivity index (χ3n) is 3.56. The first kappa shape index (κ1) is 11.7. The third-order valence-corrected chi connectivity index (χ3v) is 3.56. The number of aliphatic hydroxyl groups is 1. The smallest absolute Gasteiger partial charge is 0.120 e. The van der Waals surface area contributed by atoms with Crippen molar-refractivity contribution in [2.24, 2.45) is 5.92 Å². The second kappa shape index (κ2) is 5.51. The molecule has 3 nitrogen and oxygen atoms in total. The van der Waals surface area contributed by atoms with Crippen LogP contribution >= 0.6 is 0 Å². The van der Waals surface area contributed by atoms with Crippen LogP contribution in [0.2, 0.25) is 0 Å². The fourth-order valence-corrected chi connectivity index (χ4v) is 2.49. The Balaban J connectivity index is 1.78. The van der Waals surface area contributed by atoms with E-state index in [1.54, 1.807) is 6.26 Å². The van der Waals surface area contributed by atoms with Gasteiger partial charge in [-0.2, -0.15) is 0 Å². The summed E-state index contributed by atoms with van der Waals surface area (Å²) in [6.07, 6.45) is 6.32. The Morgan fingerprint density at radius 1 is 1.44 bits per heavy atom. The number of hydrogen-bond acceptors (Lipinski definition) is 3. The van der Waals surface area contributed by atoms with Gasteiger partial charge in [0.15, 0.2) is 0 Å². The van der Waals surface area contributed by atoms with E-state index in [2.05, 4.69) is 12.2 Å². The quantitative estimate of drug-likeness (QED) is 0.824. The predicted molar refractivity (Wildman–Crippen MR) is 63.1 cm³/mol. The molecule has 90 valence electrons. The fraction of sp³-hybridized carbons (Fsp3) is 0.692. The van der Waals surface area contributed by atoms with Crippen molar-refractivity contribution in [2.75, 3.05) is 6.61 Å². The topological polar surface area (TPSA) is 45.4 Å². The van der Waals surface area contributed by atoms with Crippen molar-refractivity contribution in [3.63, 3.8) is 0 Å². The first-order chi connectivity index (χ1) is 7.79. The normalized spacial score (nSPS) is 27.9. The van der Waals surface area contributed by atoms with Crippen molar-refractivity contribution >= 4 is 0 Å². The lowest BCUT2D eigenvalue weighted by atomic mass is 9.86. The van der Waals surface area contributed by atoms with E-state index in [1.807, 2.05) is 12.1 Å². The molecule has 1 fully saturated rings. The minimum Gasteiger partial charge on any atom is -0.468 e. The van der Waals surface area contributed by atoms with Gasteiger partial charge >= 0.3 is 0 Å². The number of hydrogen-bond donors (Lipinski definition) is 2. The Kier molecular flexibility index (Phi) is 4.02. The molecule has 0 bridgehead atoms. The van der Waals surface area contributed by atoms with Gasteiger partial charge in [-0.05, 0) is 50.7 Å². The summed E-state index contributed by atoms with van der Waals surface area (Å²) in [6, 6.07) is 4.79. The summed E-state index contributed by atoms with van der Waals surface area (Å²) < 4.78 is 5.38. The van der Waals surface area contributed by atoms with Crippen LogP contribution in [0.25, 0.3) is 0 Å². The molecule has 0 saturated heterocycles. The van der Waals surface area contributed by atoms with Crippen LogP contribution in [-0.4, -0.2) is 17.8 Å². The van der Waals surface area contributed by atoms with Crippen LogP contribution < -0.4 is 5.32 Å². The van der Waals surface area contributed by atoms with E-state index in [0.717, 1.165) is 31.4 Å². The van der Waals surface area contributed by atoms with E-state index in [4.69, 9.17) is 9.52 Å². The predicted octanol–water partition coefficient (Wildman–Crippen LogP) is 2.48. The van der Waals surface area contributed by atoms with Gasteiger partial charge in [-0.15, -0.1) is 0 Å². The number of aliphatic hydroxyl groups excluding tert-OH is 1. The lowest BCUT2D eigenvalue weighted by Gasteiger charge is -2.29. The lowest BCUT2D eigenvalue weighted by Crippen LogP contribution is -2.35. The molecule has 0 radical (unpaired) electrons. The maximum atomic E-state index is 9.07. The Labute approximate surface area is 96.8 Å². The first-order valence-electron chi connectivity index (χ1n) is 6.20. The molecule has 0 spiro atoms. The van der Waals surface area contributed by atoms with Crippen molar-refractivity contribution in [3.05, 3.63) is 24.2 Å². The summed E-state index contributed by atoms with van der Waals surface area (Å²) in [7, 11) is 0. The molecule has 0 aromatic carbocycles. The Morgan fingerprint density at radius 3 is 2.75 bits per heavy atom. The van der Waals surface area contributed by atoms with Crippen molar-refractivity contribution in [2.45, 2.75) is 44.7 Å². The zero-order valence-electron chi connectivity index (χ0n) is 9.86. The molecule has 0 amide bonds. The zero-order chi connectivity index (χ0) is 11.4. The Hall–Kier alpha value is -0.800. The van der Waals surface area contributed by atoms with Crippen LogP contribution in [0.3, 0.4) is 0 Å². The fourth-order valence-electron chi connectivity index (χ4n) is 2.49. The molecule has 3 heteroatoms. The number of nitrogens with one attached hydrogen (secondary N) is 1. The minimum atomic E-state index is 0.283. The highest BCUT2D eigenvalue weighted by Crippen LogP contribution is 2.25. The number of rotatable bonds is 4. The van der Waals surface area contributed by atoms with Gasteiger partial charge in [0.25, 0.3) is 0 Å². The Bertz CT molecular complexity index is 289. The maximum Gasteiger partial charge on any atom is 0.120 e. The summed E-state index contributed by atoms with van der Waals surface area (Å²) in [4.78, 5) is 0. The van der Waals surface area contributed by atoms with Crippen molar-refractivity contribution in [1.29, 1.82) is 0 Å². The molecule has 1 atom stereocenters. The van der Waals surface area contributed by atoms with Crippen molar-refractivity contribution < 1.29 is 9.52 Å². The minimum absolute atomic E-state index is 0.283. The van der Waals surface area contributed by atoms with Gasteiger partial charge in [-0.1, -0.05) is 0 Å². The molecular formula is C13H21NO2. The second-order valence-corrected chi connectivity index (χ2v) is 4.80. The maximum absolute atomic E-state index is 9.07. The Morgan fingerprint density at radius 2 is 2.19 bits per heavy atom. The van der Waals surface area contributed by atoms with Crippen molar-refractivity contribution in [1.82, 2.24) is 5.32 Å². The summed E-state index contributed by atoms with van der Waals surface area (Å²) in [5.41, 5.74) is 0. The SMILES string of the molecule is CC(NC1CCC(CO)CC1)c1ccco1. The highest BCUT2D eigenvalue weighted by Gasteiger charge is 2.22. The highest BCUT2D eigenvalue weighted by atomic mass is 16.3. The van der Waals surface area contributed by atoms with Gasteiger partial charge in [0.1, 0.15) is 5.76 Å². The van der Waals surface area contributed by atoms with Crippen LogP contribution in [0.15, 0.2) is 22.8 Å². The lowest BCUT2D eigenvalue weighted by molar-refractivity contribution is 0.171. The van der Waals surface area contributed by atoms with Gasteiger partial charge in [0, 0.05) is 12.6 Å². The summed E-state index contributed by atoms with van der Waals surface area (Å²) >= 11 is 0. The molecule has 2 N–H and O–H groups in total. The van der Waals surface area contributed by atoms with Gasteiger partial charge in [0.05, 0.1) is 12.3 Å². The monoisotopic (exact) mass is 223 g/mol. The van der Waals surface area contributed by atoms with E-state index in [1.165, 1.54) is 0 Å². The van der Waals surface area contributed by atoms with Crippen LogP contribution in [0.1, 0.15) is 44.4 Å². The molecule has 16 heavy (non-hydrogen) atoms. The molecule has 1 aromatic heterocycles.